The van der Waals surface area contributed by atoms with Crippen molar-refractivity contribution in [1.29, 1.82) is 0 Å². The molecule has 0 bridgehead atoms. The van der Waals surface area contributed by atoms with Crippen molar-refractivity contribution < 1.29 is 17.3 Å². The fourth-order valence-corrected chi connectivity index (χ4v) is 5.05. The highest BCUT2D eigenvalue weighted by Gasteiger charge is 2.33. The van der Waals surface area contributed by atoms with Gasteiger partial charge in [-0.2, -0.15) is 9.29 Å². The number of halogens is 2. The Labute approximate surface area is 170 Å². The minimum absolute atomic E-state index is 0.200. The van der Waals surface area contributed by atoms with Crippen LogP contribution in [0.3, 0.4) is 0 Å². The van der Waals surface area contributed by atoms with E-state index in [2.05, 4.69) is 26.1 Å². The average Bonchev–Trinajstić information content (AvgIpc) is 3.19. The molecule has 2 heterocycles. The van der Waals surface area contributed by atoms with Gasteiger partial charge in [-0.3, -0.25) is 0 Å². The third-order valence-electron chi connectivity index (χ3n) is 4.71. The Morgan fingerprint density at radius 3 is 2.71 bits per heavy atom. The number of rotatable bonds is 4. The van der Waals surface area contributed by atoms with E-state index in [1.54, 1.807) is 36.4 Å². The quantitative estimate of drug-likeness (QED) is 0.576. The van der Waals surface area contributed by atoms with E-state index in [-0.39, 0.29) is 23.2 Å². The van der Waals surface area contributed by atoms with Crippen molar-refractivity contribution in [3.63, 3.8) is 0 Å². The summed E-state index contributed by atoms with van der Waals surface area (Å²) in [6.45, 7) is 0.711. The van der Waals surface area contributed by atoms with E-state index in [4.69, 9.17) is 4.52 Å². The van der Waals surface area contributed by atoms with Crippen LogP contribution in [0, 0.1) is 5.82 Å². The topological polar surface area (TPSA) is 76.3 Å². The summed E-state index contributed by atoms with van der Waals surface area (Å²) < 4.78 is 46.9. The van der Waals surface area contributed by atoms with Crippen molar-refractivity contribution in [3.05, 3.63) is 64.7 Å². The first-order valence-electron chi connectivity index (χ1n) is 8.79. The van der Waals surface area contributed by atoms with Crippen LogP contribution in [0.25, 0.3) is 11.4 Å². The molecule has 0 spiro atoms. The molecule has 1 aromatic heterocycles. The lowest BCUT2D eigenvalue weighted by Crippen LogP contribution is -2.39. The first-order valence-corrected chi connectivity index (χ1v) is 11.0. The largest absolute Gasteiger partial charge is 0.339 e. The minimum Gasteiger partial charge on any atom is -0.339 e. The van der Waals surface area contributed by atoms with Gasteiger partial charge in [0.25, 0.3) is 0 Å². The zero-order chi connectivity index (χ0) is 19.7. The number of hydrogen-bond donors (Lipinski definition) is 0. The second kappa shape index (κ2) is 7.73. The summed E-state index contributed by atoms with van der Waals surface area (Å²) in [6, 6.07) is 12.5. The van der Waals surface area contributed by atoms with Gasteiger partial charge in [-0.05, 0) is 49.2 Å². The second-order valence-electron chi connectivity index (χ2n) is 6.62. The van der Waals surface area contributed by atoms with E-state index in [0.29, 0.717) is 30.2 Å². The normalized spacial score (nSPS) is 18.3. The van der Waals surface area contributed by atoms with E-state index in [0.717, 1.165) is 10.9 Å². The van der Waals surface area contributed by atoms with Crippen LogP contribution in [0.4, 0.5) is 4.39 Å². The van der Waals surface area contributed by atoms with Gasteiger partial charge in [0.05, 0.1) is 10.8 Å². The maximum Gasteiger partial charge on any atom is 0.243 e. The van der Waals surface area contributed by atoms with Crippen LogP contribution in [0.2, 0.25) is 0 Å². The van der Waals surface area contributed by atoms with Crippen molar-refractivity contribution in [2.24, 2.45) is 0 Å². The number of piperidine rings is 1. The van der Waals surface area contributed by atoms with E-state index in [1.165, 1.54) is 16.4 Å². The molecule has 1 aliphatic heterocycles. The second-order valence-corrected chi connectivity index (χ2v) is 9.48. The fourth-order valence-electron chi connectivity index (χ4n) is 3.26. The molecule has 1 saturated heterocycles. The van der Waals surface area contributed by atoms with Gasteiger partial charge in [0.2, 0.25) is 21.7 Å². The third kappa shape index (κ3) is 3.87. The lowest BCUT2D eigenvalue weighted by molar-refractivity contribution is 0.265. The molecule has 4 rings (SSSR count). The molecular weight excluding hydrogens is 449 g/mol. The molecule has 0 radical (unpaired) electrons. The highest BCUT2D eigenvalue weighted by molar-refractivity contribution is 9.10. The Hall–Kier alpha value is -2.10. The zero-order valence-corrected chi connectivity index (χ0v) is 17.2. The first kappa shape index (κ1) is 19.2. The van der Waals surface area contributed by atoms with Crippen molar-refractivity contribution in [3.8, 4) is 11.4 Å². The molecule has 1 aliphatic rings. The molecule has 0 saturated carbocycles. The summed E-state index contributed by atoms with van der Waals surface area (Å²) in [5.41, 5.74) is 0.519. The summed E-state index contributed by atoms with van der Waals surface area (Å²) in [5, 5.41) is 3.93. The molecule has 146 valence electrons. The molecule has 6 nitrogen and oxygen atoms in total. The van der Waals surface area contributed by atoms with Crippen LogP contribution >= 0.6 is 15.9 Å². The van der Waals surface area contributed by atoms with Crippen LogP contribution < -0.4 is 0 Å². The van der Waals surface area contributed by atoms with Gasteiger partial charge in [-0.25, -0.2) is 12.8 Å². The van der Waals surface area contributed by atoms with Gasteiger partial charge in [0.1, 0.15) is 5.82 Å². The number of benzene rings is 2. The lowest BCUT2D eigenvalue weighted by Gasteiger charge is -2.30. The van der Waals surface area contributed by atoms with Gasteiger partial charge < -0.3 is 4.52 Å². The Bertz CT molecular complexity index is 1090. The standard InChI is InChI=1S/C19H17BrFN3O3S/c20-15-6-8-17(9-7-15)28(25,26)24-10-2-4-14(12-24)19-22-18(23-27-19)13-3-1-5-16(21)11-13/h1,3,5-9,11,14H,2,4,10,12H2/t14-/m1/s1. The summed E-state index contributed by atoms with van der Waals surface area (Å²) in [4.78, 5) is 4.63. The van der Waals surface area contributed by atoms with Gasteiger partial charge in [0, 0.05) is 23.1 Å². The molecule has 28 heavy (non-hydrogen) atoms. The summed E-state index contributed by atoms with van der Waals surface area (Å²) in [5.74, 6) is 0.0828. The predicted octanol–water partition coefficient (Wildman–Crippen LogP) is 4.21. The van der Waals surface area contributed by atoms with Gasteiger partial charge in [-0.15, -0.1) is 0 Å². The van der Waals surface area contributed by atoms with Crippen molar-refractivity contribution in [1.82, 2.24) is 14.4 Å². The van der Waals surface area contributed by atoms with Gasteiger partial charge >= 0.3 is 0 Å². The maximum absolute atomic E-state index is 13.4. The van der Waals surface area contributed by atoms with Crippen LogP contribution in [-0.2, 0) is 10.0 Å². The summed E-state index contributed by atoms with van der Waals surface area (Å²) in [7, 11) is -3.60. The molecule has 1 fully saturated rings. The zero-order valence-electron chi connectivity index (χ0n) is 14.8. The number of nitrogens with zero attached hydrogens (tertiary/aromatic N) is 3. The van der Waals surface area contributed by atoms with Crippen LogP contribution in [0.15, 0.2) is 62.4 Å². The number of aromatic nitrogens is 2. The highest BCUT2D eigenvalue weighted by atomic mass is 79.9. The Balaban J connectivity index is 1.55. The van der Waals surface area contributed by atoms with Crippen LogP contribution in [-0.4, -0.2) is 36.0 Å². The van der Waals surface area contributed by atoms with E-state index in [1.807, 2.05) is 0 Å². The predicted molar refractivity (Wildman–Crippen MR) is 105 cm³/mol. The third-order valence-corrected chi connectivity index (χ3v) is 7.12. The number of hydrogen-bond acceptors (Lipinski definition) is 5. The maximum atomic E-state index is 13.4. The first-order chi connectivity index (χ1) is 13.4. The van der Waals surface area contributed by atoms with Crippen molar-refractivity contribution >= 4 is 26.0 Å². The van der Waals surface area contributed by atoms with Crippen molar-refractivity contribution in [2.45, 2.75) is 23.7 Å². The minimum atomic E-state index is -3.60. The van der Waals surface area contributed by atoms with Crippen LogP contribution in [0.1, 0.15) is 24.7 Å². The molecule has 0 aliphatic carbocycles. The molecule has 2 aromatic carbocycles. The summed E-state index contributed by atoms with van der Waals surface area (Å²) >= 11 is 3.31. The Morgan fingerprint density at radius 1 is 1.18 bits per heavy atom. The highest BCUT2D eigenvalue weighted by Crippen LogP contribution is 2.31. The average molecular weight is 466 g/mol. The van der Waals surface area contributed by atoms with E-state index < -0.39 is 10.0 Å². The SMILES string of the molecule is O=S(=O)(c1ccc(Br)cc1)N1CCC[C@@H](c2nc(-c3cccc(F)c3)no2)C1. The molecular formula is C19H17BrFN3O3S. The van der Waals surface area contributed by atoms with Crippen molar-refractivity contribution in [2.75, 3.05) is 13.1 Å². The lowest BCUT2D eigenvalue weighted by atomic mass is 10.00. The molecule has 0 unspecified atom stereocenters. The molecule has 0 amide bonds. The number of sulfonamides is 1. The molecule has 0 N–H and O–H groups in total. The van der Waals surface area contributed by atoms with E-state index in [9.17, 15) is 12.8 Å². The van der Waals surface area contributed by atoms with Gasteiger partial charge in [-0.1, -0.05) is 33.2 Å². The molecule has 1 atom stereocenters. The summed E-state index contributed by atoms with van der Waals surface area (Å²) in [6.07, 6.45) is 1.44. The molecule has 9 heteroatoms. The molecule has 3 aromatic rings. The smallest absolute Gasteiger partial charge is 0.243 e. The van der Waals surface area contributed by atoms with Gasteiger partial charge in [0.15, 0.2) is 0 Å². The van der Waals surface area contributed by atoms with E-state index >= 15 is 0 Å². The Kier molecular flexibility index (Phi) is 5.31. The Morgan fingerprint density at radius 2 is 1.96 bits per heavy atom. The fraction of sp³-hybridized carbons (Fsp3) is 0.263. The van der Waals surface area contributed by atoms with Crippen LogP contribution in [0.5, 0.6) is 0 Å². The monoisotopic (exact) mass is 465 g/mol.